The number of nitriles is 1. The second kappa shape index (κ2) is 8.32. The number of pyridine rings is 1. The quantitative estimate of drug-likeness (QED) is 0.549. The lowest BCUT2D eigenvalue weighted by atomic mass is 10.1. The lowest BCUT2D eigenvalue weighted by Crippen LogP contribution is -2.33. The molecule has 0 bridgehead atoms. The van der Waals surface area contributed by atoms with Gasteiger partial charge in [0.1, 0.15) is 5.39 Å². The molecule has 2 fully saturated rings. The molecule has 0 radical (unpaired) electrons. The maximum absolute atomic E-state index is 13.0. The lowest BCUT2D eigenvalue weighted by molar-refractivity contribution is 0.408. The highest BCUT2D eigenvalue weighted by molar-refractivity contribution is 7.89. The Balaban J connectivity index is 1.47. The van der Waals surface area contributed by atoms with E-state index in [-0.39, 0.29) is 22.5 Å². The number of H-pyrrole nitrogens is 1. The molecule has 1 aromatic carbocycles. The van der Waals surface area contributed by atoms with Crippen molar-refractivity contribution >= 4 is 32.4 Å². The molecule has 2 N–H and O–H groups in total. The van der Waals surface area contributed by atoms with Crippen LogP contribution in [0.25, 0.3) is 10.9 Å². The van der Waals surface area contributed by atoms with Gasteiger partial charge in [-0.15, -0.1) is 0 Å². The van der Waals surface area contributed by atoms with Crippen LogP contribution in [0.2, 0.25) is 0 Å². The number of sulfonamides is 1. The van der Waals surface area contributed by atoms with Gasteiger partial charge in [-0.3, -0.25) is 9.48 Å². The topological polar surface area (TPSA) is 124 Å². The number of aromatic nitrogens is 3. The standard InChI is InChI=1S/C23H26N6O3S/c1-15-3-2-14-28(15)33(31,32)18-8-6-17(7-9-18)26-22-21-20(11-13-25-23(21)30)29(27-22)19(10-12-24)16-4-5-16/h6-9,11,13,15-16,19H,2-5,10,14H2,1H3,(H,25,30)(H,26,27)/t15-,19+/m1/s1. The van der Waals surface area contributed by atoms with Crippen LogP contribution < -0.4 is 10.9 Å². The molecule has 1 aliphatic heterocycles. The van der Waals surface area contributed by atoms with Crippen LogP contribution in [0, 0.1) is 17.2 Å². The third-order valence-corrected chi connectivity index (χ3v) is 8.65. The van der Waals surface area contributed by atoms with E-state index in [1.54, 1.807) is 45.5 Å². The first-order valence-corrected chi connectivity index (χ1v) is 12.7. The second-order valence-electron chi connectivity index (χ2n) is 8.88. The van der Waals surface area contributed by atoms with E-state index in [4.69, 9.17) is 0 Å². The summed E-state index contributed by atoms with van der Waals surface area (Å²) in [5.41, 5.74) is 1.03. The molecule has 1 saturated carbocycles. The minimum atomic E-state index is -3.53. The van der Waals surface area contributed by atoms with E-state index >= 15 is 0 Å². The number of benzene rings is 1. The number of aromatic amines is 1. The summed E-state index contributed by atoms with van der Waals surface area (Å²) >= 11 is 0. The van der Waals surface area contributed by atoms with Crippen molar-refractivity contribution in [2.75, 3.05) is 11.9 Å². The highest BCUT2D eigenvalue weighted by Crippen LogP contribution is 2.43. The molecule has 172 valence electrons. The third-order valence-electron chi connectivity index (χ3n) is 6.63. The van der Waals surface area contributed by atoms with Crippen molar-refractivity contribution in [3.05, 3.63) is 46.9 Å². The zero-order valence-electron chi connectivity index (χ0n) is 18.4. The normalized spacial score (nSPS) is 20.1. The predicted octanol–water partition coefficient (Wildman–Crippen LogP) is 3.51. The van der Waals surface area contributed by atoms with Crippen molar-refractivity contribution in [1.29, 1.82) is 5.26 Å². The molecule has 5 rings (SSSR count). The first-order valence-electron chi connectivity index (χ1n) is 11.3. The number of hydrogen-bond acceptors (Lipinski definition) is 6. The van der Waals surface area contributed by atoms with Crippen LogP contribution in [0.4, 0.5) is 11.5 Å². The van der Waals surface area contributed by atoms with Gasteiger partial charge in [0.2, 0.25) is 10.0 Å². The summed E-state index contributed by atoms with van der Waals surface area (Å²) in [6.07, 6.45) is 5.75. The van der Waals surface area contributed by atoms with E-state index < -0.39 is 10.0 Å². The molecule has 3 aromatic rings. The summed E-state index contributed by atoms with van der Waals surface area (Å²) < 4.78 is 29.3. The van der Waals surface area contributed by atoms with Crippen molar-refractivity contribution in [3.8, 4) is 6.07 Å². The molecule has 0 spiro atoms. The number of fused-ring (bicyclic) bond motifs is 1. The average molecular weight is 467 g/mol. The molecule has 2 atom stereocenters. The molecule has 3 heterocycles. The number of anilines is 2. The van der Waals surface area contributed by atoms with Gasteiger partial charge in [0.15, 0.2) is 5.82 Å². The monoisotopic (exact) mass is 466 g/mol. The fourth-order valence-electron chi connectivity index (χ4n) is 4.71. The molecular formula is C23H26N6O3S. The number of nitrogens with one attached hydrogen (secondary N) is 2. The van der Waals surface area contributed by atoms with Crippen LogP contribution >= 0.6 is 0 Å². The van der Waals surface area contributed by atoms with Gasteiger partial charge in [-0.2, -0.15) is 14.7 Å². The summed E-state index contributed by atoms with van der Waals surface area (Å²) in [4.78, 5) is 15.6. The molecule has 0 unspecified atom stereocenters. The van der Waals surface area contributed by atoms with E-state index in [9.17, 15) is 18.5 Å². The minimum Gasteiger partial charge on any atom is -0.338 e. The fourth-order valence-corrected chi connectivity index (χ4v) is 6.41. The van der Waals surface area contributed by atoms with Crippen molar-refractivity contribution in [1.82, 2.24) is 19.1 Å². The van der Waals surface area contributed by atoms with Crippen LogP contribution in [0.5, 0.6) is 0 Å². The van der Waals surface area contributed by atoms with E-state index in [2.05, 4.69) is 21.5 Å². The Kier molecular flexibility index (Phi) is 5.46. The summed E-state index contributed by atoms with van der Waals surface area (Å²) in [6, 6.07) is 10.5. The molecule has 10 heteroatoms. The fraction of sp³-hybridized carbons (Fsp3) is 0.435. The zero-order chi connectivity index (χ0) is 23.2. The second-order valence-corrected chi connectivity index (χ2v) is 10.8. The smallest absolute Gasteiger partial charge is 0.261 e. The Morgan fingerprint density at radius 3 is 2.64 bits per heavy atom. The van der Waals surface area contributed by atoms with Crippen molar-refractivity contribution in [2.45, 2.75) is 56.0 Å². The van der Waals surface area contributed by atoms with E-state index in [0.29, 0.717) is 41.3 Å². The van der Waals surface area contributed by atoms with Crippen molar-refractivity contribution in [3.63, 3.8) is 0 Å². The molecule has 2 aromatic heterocycles. The first-order chi connectivity index (χ1) is 15.9. The van der Waals surface area contributed by atoms with Crippen LogP contribution in [0.1, 0.15) is 45.1 Å². The number of rotatable bonds is 7. The van der Waals surface area contributed by atoms with Gasteiger partial charge in [0.05, 0.1) is 28.9 Å². The summed E-state index contributed by atoms with van der Waals surface area (Å²) in [5, 5.41) is 17.6. The molecule has 1 aliphatic carbocycles. The molecular weight excluding hydrogens is 440 g/mol. The van der Waals surface area contributed by atoms with Crippen LogP contribution in [0.3, 0.4) is 0 Å². The maximum atomic E-state index is 13.0. The van der Waals surface area contributed by atoms with Gasteiger partial charge in [-0.1, -0.05) is 0 Å². The number of nitrogens with zero attached hydrogens (tertiary/aromatic N) is 4. The van der Waals surface area contributed by atoms with Crippen LogP contribution in [-0.4, -0.2) is 40.1 Å². The van der Waals surface area contributed by atoms with Gasteiger partial charge in [0, 0.05) is 24.5 Å². The summed E-state index contributed by atoms with van der Waals surface area (Å²) in [6.45, 7) is 2.47. The third kappa shape index (κ3) is 3.92. The Morgan fingerprint density at radius 2 is 2.00 bits per heavy atom. The molecule has 0 amide bonds. The first kappa shape index (κ1) is 21.7. The van der Waals surface area contributed by atoms with E-state index in [1.807, 2.05) is 6.92 Å². The van der Waals surface area contributed by atoms with Crippen molar-refractivity contribution in [2.24, 2.45) is 5.92 Å². The van der Waals surface area contributed by atoms with Crippen LogP contribution in [0.15, 0.2) is 46.2 Å². The number of hydrogen-bond donors (Lipinski definition) is 2. The highest BCUT2D eigenvalue weighted by atomic mass is 32.2. The zero-order valence-corrected chi connectivity index (χ0v) is 19.2. The summed E-state index contributed by atoms with van der Waals surface area (Å²) in [5.74, 6) is 0.775. The minimum absolute atomic E-state index is 0.00248. The van der Waals surface area contributed by atoms with Gasteiger partial charge in [-0.25, -0.2) is 8.42 Å². The lowest BCUT2D eigenvalue weighted by Gasteiger charge is -2.21. The Bertz CT molecular complexity index is 1380. The van der Waals surface area contributed by atoms with Crippen LogP contribution in [-0.2, 0) is 10.0 Å². The predicted molar refractivity (Wildman–Crippen MR) is 125 cm³/mol. The highest BCUT2D eigenvalue weighted by Gasteiger charge is 2.35. The van der Waals surface area contributed by atoms with Gasteiger partial charge in [-0.05, 0) is 68.9 Å². The summed E-state index contributed by atoms with van der Waals surface area (Å²) in [7, 11) is -3.53. The van der Waals surface area contributed by atoms with E-state index in [1.165, 1.54) is 0 Å². The largest absolute Gasteiger partial charge is 0.338 e. The average Bonchev–Trinajstić information content (AvgIpc) is 3.44. The Labute approximate surface area is 192 Å². The molecule has 9 nitrogen and oxygen atoms in total. The maximum Gasteiger partial charge on any atom is 0.261 e. The van der Waals surface area contributed by atoms with Crippen molar-refractivity contribution < 1.29 is 8.42 Å². The SMILES string of the molecule is C[C@@H]1CCCN1S(=O)(=O)c1ccc(Nc2nn([C@@H](CC#N)C3CC3)c3cc[nH]c(=O)c23)cc1. The Morgan fingerprint density at radius 1 is 1.24 bits per heavy atom. The van der Waals surface area contributed by atoms with Gasteiger partial charge >= 0.3 is 0 Å². The van der Waals surface area contributed by atoms with Gasteiger partial charge < -0.3 is 10.3 Å². The molecule has 33 heavy (non-hydrogen) atoms. The Hall–Kier alpha value is -3.16. The molecule has 1 saturated heterocycles. The molecule has 2 aliphatic rings. The van der Waals surface area contributed by atoms with E-state index in [0.717, 1.165) is 25.7 Å². The van der Waals surface area contributed by atoms with Gasteiger partial charge in [0.25, 0.3) is 5.56 Å².